The van der Waals surface area contributed by atoms with Gasteiger partial charge in [-0.3, -0.25) is 10.8 Å². The molecule has 0 aromatic heterocycles. The molecular weight excluding hydrogens is 144 g/mol. The van der Waals surface area contributed by atoms with Crippen molar-refractivity contribution in [2.75, 3.05) is 0 Å². The molecule has 11 heavy (non-hydrogen) atoms. The highest BCUT2D eigenvalue weighted by Gasteiger charge is 2.24. The van der Waals surface area contributed by atoms with E-state index >= 15 is 0 Å². The summed E-state index contributed by atoms with van der Waals surface area (Å²) in [4.78, 5) is 2.76. The van der Waals surface area contributed by atoms with Crippen LogP contribution in [0.3, 0.4) is 0 Å². The van der Waals surface area contributed by atoms with Crippen molar-refractivity contribution in [1.29, 1.82) is 10.8 Å². The first-order valence-corrected chi connectivity index (χ1v) is 2.91. The molecule has 0 bridgehead atoms. The Bertz CT molecular complexity index is 235. The van der Waals surface area contributed by atoms with Crippen molar-refractivity contribution in [2.24, 2.45) is 17.4 Å². The van der Waals surface area contributed by atoms with Gasteiger partial charge in [0.2, 0.25) is 5.84 Å². The van der Waals surface area contributed by atoms with Crippen molar-refractivity contribution in [3.8, 4) is 0 Å². The summed E-state index contributed by atoms with van der Waals surface area (Å²) in [6.07, 6.45) is 0. The van der Waals surface area contributed by atoms with Crippen LogP contribution in [0.2, 0.25) is 0 Å². The molecule has 60 valence electrons. The van der Waals surface area contributed by atoms with Gasteiger partial charge in [0.25, 0.3) is 0 Å². The van der Waals surface area contributed by atoms with Crippen LogP contribution >= 0.6 is 0 Å². The summed E-state index contributed by atoms with van der Waals surface area (Å²) in [6, 6.07) is 0. The molecule has 0 aromatic carbocycles. The first-order chi connectivity index (χ1) is 5.00. The van der Waals surface area contributed by atoms with E-state index in [-0.39, 0.29) is 17.4 Å². The van der Waals surface area contributed by atoms with Crippen molar-refractivity contribution in [3.05, 3.63) is 5.53 Å². The first kappa shape index (κ1) is 9.32. The number of hydrogen-bond acceptors (Lipinski definition) is 2. The van der Waals surface area contributed by atoms with E-state index in [2.05, 4.69) is 4.79 Å². The Morgan fingerprint density at radius 3 is 2.00 bits per heavy atom. The highest BCUT2D eigenvalue weighted by Crippen LogP contribution is 1.94. The lowest BCUT2D eigenvalue weighted by molar-refractivity contribution is -0.00628. The molecule has 0 aliphatic rings. The summed E-state index contributed by atoms with van der Waals surface area (Å²) in [7, 11) is 0. The fraction of sp³-hybridized carbons (Fsp3) is 0.400. The van der Waals surface area contributed by atoms with E-state index in [1.54, 1.807) is 0 Å². The van der Waals surface area contributed by atoms with Gasteiger partial charge in [0.05, 0.1) is 0 Å². The van der Waals surface area contributed by atoms with E-state index in [9.17, 15) is 0 Å². The minimum Gasteiger partial charge on any atom is -0.387 e. The average molecular weight is 154 g/mol. The lowest BCUT2D eigenvalue weighted by Crippen LogP contribution is -2.36. The van der Waals surface area contributed by atoms with Crippen LogP contribution in [0.15, 0.2) is 0 Å². The van der Waals surface area contributed by atoms with Gasteiger partial charge in [-0.15, -0.1) is 0 Å². The maximum Gasteiger partial charge on any atom is 0.343 e. The molecule has 0 heterocycles. The van der Waals surface area contributed by atoms with Crippen LogP contribution in [0, 0.1) is 16.7 Å². The zero-order chi connectivity index (χ0) is 9.02. The van der Waals surface area contributed by atoms with Gasteiger partial charge in [-0.25, -0.2) is 0 Å². The van der Waals surface area contributed by atoms with E-state index in [0.717, 1.165) is 0 Å². The lowest BCUT2D eigenvalue weighted by atomic mass is 10.0. The Balaban J connectivity index is 4.68. The van der Waals surface area contributed by atoms with E-state index in [4.69, 9.17) is 27.8 Å². The molecule has 6 N–H and O–H groups in total. The molecule has 0 rings (SSSR count). The van der Waals surface area contributed by atoms with Crippen molar-refractivity contribution in [3.63, 3.8) is 0 Å². The molecule has 6 nitrogen and oxygen atoms in total. The highest BCUT2D eigenvalue weighted by atomic mass is 14.9. The minimum absolute atomic E-state index is 0.0856. The van der Waals surface area contributed by atoms with E-state index in [0.29, 0.717) is 0 Å². The van der Waals surface area contributed by atoms with E-state index in [1.807, 2.05) is 0 Å². The maximum atomic E-state index is 8.33. The predicted octanol–water partition coefficient (Wildman–Crippen LogP) is -0.835. The van der Waals surface area contributed by atoms with Gasteiger partial charge in [0, 0.05) is 0 Å². The highest BCUT2D eigenvalue weighted by molar-refractivity contribution is 6.41. The minimum atomic E-state index is -0.613. The molecule has 0 amide bonds. The summed E-state index contributed by atoms with van der Waals surface area (Å²) in [5.74, 6) is -1.18. The van der Waals surface area contributed by atoms with Crippen LogP contribution in [0.4, 0.5) is 0 Å². The maximum absolute atomic E-state index is 8.33. The number of nitrogens with zero attached hydrogens (tertiary/aromatic N) is 2. The van der Waals surface area contributed by atoms with Crippen molar-refractivity contribution in [2.45, 2.75) is 6.92 Å². The molecule has 0 aliphatic carbocycles. The fourth-order valence-corrected chi connectivity index (χ4v) is 0.521. The molecule has 0 aromatic rings. The normalized spacial score (nSPS) is 11.4. The standard InChI is InChI=1S/C5H10N6/c1-2(4(6)7)3(11-10)5(8)9/h2H,1H3,(H3,6,7)(H3,8,9). The number of nitrogens with one attached hydrogen (secondary N) is 2. The Morgan fingerprint density at radius 1 is 1.45 bits per heavy atom. The van der Waals surface area contributed by atoms with Crippen LogP contribution < -0.4 is 11.5 Å². The lowest BCUT2D eigenvalue weighted by Gasteiger charge is -2.01. The Labute approximate surface area is 63.8 Å². The number of nitrogens with two attached hydrogens (primary N) is 2. The third kappa shape index (κ3) is 2.19. The quantitative estimate of drug-likeness (QED) is 0.182. The second-order valence-electron chi connectivity index (χ2n) is 2.08. The van der Waals surface area contributed by atoms with E-state index < -0.39 is 5.92 Å². The third-order valence-electron chi connectivity index (χ3n) is 1.26. The average Bonchev–Trinajstić information content (AvgIpc) is 1.88. The van der Waals surface area contributed by atoms with Gasteiger partial charge < -0.3 is 17.0 Å². The topological polar surface area (TPSA) is 136 Å². The molecule has 0 saturated carbocycles. The van der Waals surface area contributed by atoms with Gasteiger partial charge in [0.1, 0.15) is 11.8 Å². The van der Waals surface area contributed by atoms with Crippen LogP contribution in [0.5, 0.6) is 0 Å². The summed E-state index contributed by atoms with van der Waals surface area (Å²) in [6.45, 7) is 1.53. The van der Waals surface area contributed by atoms with Crippen LogP contribution in [-0.2, 0) is 0 Å². The number of rotatable bonds is 3. The molecule has 1 unspecified atom stereocenters. The van der Waals surface area contributed by atoms with Crippen LogP contribution in [-0.4, -0.2) is 22.2 Å². The molecule has 0 aliphatic heterocycles. The zero-order valence-corrected chi connectivity index (χ0v) is 6.13. The molecule has 1 atom stereocenters. The summed E-state index contributed by atoms with van der Waals surface area (Å²) >= 11 is 0. The van der Waals surface area contributed by atoms with Gasteiger partial charge >= 0.3 is 5.71 Å². The van der Waals surface area contributed by atoms with Crippen molar-refractivity contribution >= 4 is 17.4 Å². The van der Waals surface area contributed by atoms with Crippen LogP contribution in [0.25, 0.3) is 5.53 Å². The van der Waals surface area contributed by atoms with Gasteiger partial charge in [-0.2, -0.15) is 4.79 Å². The van der Waals surface area contributed by atoms with Gasteiger partial charge in [0.15, 0.2) is 0 Å². The Kier molecular flexibility index (Phi) is 2.95. The molecule has 6 heteroatoms. The summed E-state index contributed by atoms with van der Waals surface area (Å²) in [5, 5.41) is 13.9. The smallest absolute Gasteiger partial charge is 0.343 e. The second-order valence-corrected chi connectivity index (χ2v) is 2.08. The fourth-order valence-electron chi connectivity index (χ4n) is 0.521. The van der Waals surface area contributed by atoms with Crippen LogP contribution in [0.1, 0.15) is 6.92 Å². The molecule has 0 spiro atoms. The molecule has 0 radical (unpaired) electrons. The summed E-state index contributed by atoms with van der Waals surface area (Å²) < 4.78 is 0. The van der Waals surface area contributed by atoms with E-state index in [1.165, 1.54) is 6.92 Å². The predicted molar refractivity (Wildman–Crippen MR) is 41.6 cm³/mol. The largest absolute Gasteiger partial charge is 0.387 e. The molecule has 0 fully saturated rings. The number of amidine groups is 2. The Hall–Kier alpha value is -1.68. The Morgan fingerprint density at radius 2 is 1.91 bits per heavy atom. The number of hydrogen-bond donors (Lipinski definition) is 4. The summed E-state index contributed by atoms with van der Waals surface area (Å²) in [5.41, 5.74) is 18.4. The molecular formula is C5H10N6. The third-order valence-corrected chi connectivity index (χ3v) is 1.26. The first-order valence-electron chi connectivity index (χ1n) is 2.91. The SMILES string of the molecule is CC(C(=N)N)C(=[N+]=[N-])C(=N)N. The molecule has 0 saturated heterocycles. The van der Waals surface area contributed by atoms with Gasteiger partial charge in [-0.1, -0.05) is 0 Å². The van der Waals surface area contributed by atoms with Crippen molar-refractivity contribution in [1.82, 2.24) is 0 Å². The van der Waals surface area contributed by atoms with Crippen molar-refractivity contribution < 1.29 is 4.79 Å². The monoisotopic (exact) mass is 154 g/mol. The zero-order valence-electron chi connectivity index (χ0n) is 6.13. The second kappa shape index (κ2) is 3.48. The van der Waals surface area contributed by atoms with Gasteiger partial charge in [-0.05, 0) is 6.92 Å².